The highest BCUT2D eigenvalue weighted by atomic mass is 32.1. The van der Waals surface area contributed by atoms with Crippen molar-refractivity contribution in [2.24, 2.45) is 7.05 Å². The van der Waals surface area contributed by atoms with E-state index in [1.54, 1.807) is 42.8 Å². The Hall–Kier alpha value is -3.45. The van der Waals surface area contributed by atoms with Crippen LogP contribution in [0.25, 0.3) is 21.5 Å². The highest BCUT2D eigenvalue weighted by molar-refractivity contribution is 7.18. The molecule has 0 aliphatic heterocycles. The van der Waals surface area contributed by atoms with Crippen LogP contribution in [0, 0.1) is 6.92 Å². The number of methoxy groups -OCH3 is 2. The Kier molecular flexibility index (Phi) is 6.10. The van der Waals surface area contributed by atoms with Crippen molar-refractivity contribution in [1.82, 2.24) is 9.55 Å². The number of imidazole rings is 1. The predicted octanol–water partition coefficient (Wildman–Crippen LogP) is 5.47. The van der Waals surface area contributed by atoms with Gasteiger partial charge in [-0.15, -0.1) is 11.3 Å². The number of fused-ring (bicyclic) bond motifs is 1. The number of benzene rings is 2. The number of nitrogens with zero attached hydrogens (tertiary/aromatic N) is 2. The summed E-state index contributed by atoms with van der Waals surface area (Å²) in [6, 6.07) is 11.2. The summed E-state index contributed by atoms with van der Waals surface area (Å²) in [4.78, 5) is 30.0. The molecule has 0 aliphatic carbocycles. The van der Waals surface area contributed by atoms with E-state index in [0.717, 1.165) is 16.8 Å². The monoisotopic (exact) mass is 448 g/mol. The van der Waals surface area contributed by atoms with E-state index < -0.39 is 0 Å². The van der Waals surface area contributed by atoms with Crippen LogP contribution < -0.4 is 9.47 Å². The minimum Gasteiger partial charge on any atom is -0.493 e. The van der Waals surface area contributed by atoms with Crippen molar-refractivity contribution in [2.75, 3.05) is 14.2 Å². The van der Waals surface area contributed by atoms with Crippen molar-refractivity contribution in [1.29, 1.82) is 0 Å². The second kappa shape index (κ2) is 8.96. The van der Waals surface area contributed by atoms with E-state index in [1.165, 1.54) is 17.4 Å². The summed E-state index contributed by atoms with van der Waals surface area (Å²) in [6.07, 6.45) is 1.81. The van der Waals surface area contributed by atoms with Crippen molar-refractivity contribution in [3.8, 4) is 22.9 Å². The largest absolute Gasteiger partial charge is 0.493 e. The molecule has 0 fully saturated rings. The van der Waals surface area contributed by atoms with Gasteiger partial charge in [0, 0.05) is 46.5 Å². The van der Waals surface area contributed by atoms with Crippen molar-refractivity contribution < 1.29 is 19.1 Å². The number of thiophene rings is 1. The van der Waals surface area contributed by atoms with Crippen molar-refractivity contribution in [3.63, 3.8) is 0 Å². The molecule has 0 saturated heterocycles. The number of aryl methyl sites for hydroxylation is 1. The average Bonchev–Trinajstić information content (AvgIpc) is 3.40. The zero-order valence-corrected chi connectivity index (χ0v) is 19.3. The summed E-state index contributed by atoms with van der Waals surface area (Å²) in [7, 11) is 4.90. The van der Waals surface area contributed by atoms with Crippen LogP contribution in [0.1, 0.15) is 39.3 Å². The first-order valence-electron chi connectivity index (χ1n) is 10.2. The second-order valence-corrected chi connectivity index (χ2v) is 8.42. The molecule has 2 heterocycles. The molecule has 4 rings (SSSR count). The number of hydrogen-bond donors (Lipinski definition) is 0. The molecule has 0 bridgehead atoms. The summed E-state index contributed by atoms with van der Waals surface area (Å²) < 4.78 is 13.5. The van der Waals surface area contributed by atoms with Crippen LogP contribution in [-0.4, -0.2) is 35.3 Å². The molecule has 0 radical (unpaired) electrons. The molecule has 0 saturated carbocycles. The second-order valence-electron chi connectivity index (χ2n) is 7.54. The molecule has 2 aromatic carbocycles. The summed E-state index contributed by atoms with van der Waals surface area (Å²) in [5, 5.41) is 3.21. The van der Waals surface area contributed by atoms with E-state index >= 15 is 0 Å². The normalized spacial score (nSPS) is 11.0. The number of ketones is 2. The smallest absolute Gasteiger partial charge is 0.181 e. The van der Waals surface area contributed by atoms with E-state index in [-0.39, 0.29) is 24.4 Å². The SMILES string of the molecule is COc1ccc(C(=O)CCC(=O)c2cnc(-c3csc4c(C)cccc34)n2C)cc1OC. The number of rotatable bonds is 8. The number of carbonyl (C=O) groups is 2. The van der Waals surface area contributed by atoms with Gasteiger partial charge in [0.15, 0.2) is 23.1 Å². The van der Waals surface area contributed by atoms with E-state index in [1.807, 2.05) is 17.7 Å². The minimum atomic E-state index is -0.124. The van der Waals surface area contributed by atoms with Crippen LogP contribution in [0.4, 0.5) is 0 Å². The lowest BCUT2D eigenvalue weighted by atomic mass is 10.0. The molecule has 164 valence electrons. The molecule has 0 amide bonds. The molecule has 2 aromatic heterocycles. The van der Waals surface area contributed by atoms with Crippen molar-refractivity contribution in [2.45, 2.75) is 19.8 Å². The third-order valence-corrected chi connectivity index (χ3v) is 6.73. The first kappa shape index (κ1) is 21.8. The van der Waals surface area contributed by atoms with Gasteiger partial charge in [-0.2, -0.15) is 0 Å². The van der Waals surface area contributed by atoms with Crippen LogP contribution in [0.5, 0.6) is 11.5 Å². The molecular weight excluding hydrogens is 424 g/mol. The molecule has 7 heteroatoms. The highest BCUT2D eigenvalue weighted by Crippen LogP contribution is 2.35. The van der Waals surface area contributed by atoms with E-state index in [2.05, 4.69) is 29.4 Å². The number of ether oxygens (including phenoxy) is 2. The molecule has 0 N–H and O–H groups in total. The van der Waals surface area contributed by atoms with Crippen LogP contribution in [0.2, 0.25) is 0 Å². The number of Topliss-reactive ketones (excluding diaryl/α,β-unsaturated/α-hetero) is 2. The van der Waals surface area contributed by atoms with Crippen molar-refractivity contribution >= 4 is 33.0 Å². The third-order valence-electron chi connectivity index (χ3n) is 5.60. The van der Waals surface area contributed by atoms with E-state index in [0.29, 0.717) is 22.8 Å². The highest BCUT2D eigenvalue weighted by Gasteiger charge is 2.19. The predicted molar refractivity (Wildman–Crippen MR) is 126 cm³/mol. The Balaban J connectivity index is 1.51. The topological polar surface area (TPSA) is 70.4 Å². The Morgan fingerprint density at radius 2 is 1.78 bits per heavy atom. The lowest BCUT2D eigenvalue weighted by Crippen LogP contribution is -2.09. The molecular formula is C25H24N2O4S. The van der Waals surface area contributed by atoms with Gasteiger partial charge < -0.3 is 14.0 Å². The summed E-state index contributed by atoms with van der Waals surface area (Å²) >= 11 is 1.68. The van der Waals surface area contributed by atoms with E-state index in [4.69, 9.17) is 9.47 Å². The summed E-state index contributed by atoms with van der Waals surface area (Å²) in [5.41, 5.74) is 3.21. The Morgan fingerprint density at radius 3 is 2.53 bits per heavy atom. The first-order chi connectivity index (χ1) is 15.4. The van der Waals surface area contributed by atoms with Gasteiger partial charge in [0.2, 0.25) is 0 Å². The van der Waals surface area contributed by atoms with Gasteiger partial charge in [0.05, 0.1) is 20.4 Å². The molecule has 6 nitrogen and oxygen atoms in total. The number of carbonyl (C=O) groups excluding carboxylic acids is 2. The molecule has 0 atom stereocenters. The van der Waals surface area contributed by atoms with Gasteiger partial charge in [0.25, 0.3) is 0 Å². The Bertz CT molecular complexity index is 1320. The summed E-state index contributed by atoms with van der Waals surface area (Å²) in [5.74, 6) is 1.55. The fourth-order valence-corrected chi connectivity index (χ4v) is 4.83. The Morgan fingerprint density at radius 1 is 1.03 bits per heavy atom. The lowest BCUT2D eigenvalue weighted by molar-refractivity contribution is 0.0913. The van der Waals surface area contributed by atoms with Crippen LogP contribution in [-0.2, 0) is 7.05 Å². The zero-order chi connectivity index (χ0) is 22.8. The van der Waals surface area contributed by atoms with Crippen molar-refractivity contribution in [3.05, 3.63) is 64.8 Å². The molecule has 0 unspecified atom stereocenters. The number of aromatic nitrogens is 2. The summed E-state index contributed by atoms with van der Waals surface area (Å²) in [6.45, 7) is 2.09. The average molecular weight is 449 g/mol. The quantitative estimate of drug-likeness (QED) is 0.334. The fraction of sp³-hybridized carbons (Fsp3) is 0.240. The van der Waals surface area contributed by atoms with Crippen LogP contribution in [0.3, 0.4) is 0 Å². The first-order valence-corrected chi connectivity index (χ1v) is 11.1. The lowest BCUT2D eigenvalue weighted by Gasteiger charge is -2.09. The zero-order valence-electron chi connectivity index (χ0n) is 18.5. The molecule has 0 spiro atoms. The van der Waals surface area contributed by atoms with E-state index in [9.17, 15) is 9.59 Å². The molecule has 32 heavy (non-hydrogen) atoms. The third kappa shape index (κ3) is 3.91. The maximum atomic E-state index is 12.9. The minimum absolute atomic E-state index is 0.107. The van der Waals surface area contributed by atoms with Crippen LogP contribution in [0.15, 0.2) is 48.0 Å². The Labute approximate surface area is 190 Å². The maximum Gasteiger partial charge on any atom is 0.181 e. The van der Waals surface area contributed by atoms with Gasteiger partial charge in [-0.25, -0.2) is 4.98 Å². The maximum absolute atomic E-state index is 12.9. The standard InChI is InChI=1S/C25H24N2O4S/c1-15-6-5-7-17-18(14-32-24(15)17)25-26-13-19(27(25)2)21(29)10-9-20(28)16-8-11-22(30-3)23(12-16)31-4/h5-8,11-14H,9-10H2,1-4H3. The van der Waals surface area contributed by atoms with Gasteiger partial charge in [-0.3, -0.25) is 9.59 Å². The number of hydrogen-bond acceptors (Lipinski definition) is 6. The van der Waals surface area contributed by atoms with Gasteiger partial charge in [-0.05, 0) is 30.7 Å². The fourth-order valence-electron chi connectivity index (χ4n) is 3.80. The molecule has 4 aromatic rings. The van der Waals surface area contributed by atoms with Gasteiger partial charge in [0.1, 0.15) is 11.5 Å². The molecule has 0 aliphatic rings. The van der Waals surface area contributed by atoms with Gasteiger partial charge in [-0.1, -0.05) is 18.2 Å². The van der Waals surface area contributed by atoms with Crippen LogP contribution >= 0.6 is 11.3 Å². The van der Waals surface area contributed by atoms with Gasteiger partial charge >= 0.3 is 0 Å².